The van der Waals surface area contributed by atoms with Crippen LogP contribution < -0.4 is 10.6 Å². The van der Waals surface area contributed by atoms with Crippen molar-refractivity contribution in [3.8, 4) is 0 Å². The van der Waals surface area contributed by atoms with Crippen molar-refractivity contribution in [3.05, 3.63) is 39.8 Å². The third kappa shape index (κ3) is 3.96. The third-order valence-corrected chi connectivity index (χ3v) is 4.25. The van der Waals surface area contributed by atoms with E-state index in [0.29, 0.717) is 36.3 Å². The molecule has 0 bridgehead atoms. The van der Waals surface area contributed by atoms with Crippen LogP contribution in [-0.2, 0) is 13.0 Å². The van der Waals surface area contributed by atoms with E-state index in [1.165, 1.54) is 4.88 Å². The van der Waals surface area contributed by atoms with Crippen LogP contribution >= 0.6 is 11.3 Å². The van der Waals surface area contributed by atoms with E-state index in [0.717, 1.165) is 6.42 Å². The minimum Gasteiger partial charge on any atom is -0.340 e. The first-order valence-electron chi connectivity index (χ1n) is 7.38. The Hall–Kier alpha value is -2.75. The number of urea groups is 1. The van der Waals surface area contributed by atoms with E-state index in [-0.39, 0.29) is 6.03 Å². The fourth-order valence-corrected chi connectivity index (χ4v) is 2.78. The van der Waals surface area contributed by atoms with Crippen LogP contribution in [0, 0.1) is 13.8 Å². The highest BCUT2D eigenvalue weighted by atomic mass is 32.1. The molecule has 0 saturated heterocycles. The number of aromatic nitrogens is 5. The standard InChI is InChI=1S/C14H17N7O2S/c1-9-13(17-14(22)15-6-5-11-4-3-7-24-11)18-20-21(9)8-12-16-10(2)23-19-12/h3-4,7H,5-6,8H2,1-2H3,(H2,15,17,22). The molecule has 3 aromatic heterocycles. The van der Waals surface area contributed by atoms with Crippen molar-refractivity contribution in [2.75, 3.05) is 11.9 Å². The molecule has 0 aliphatic rings. The molecular formula is C14H17N7O2S. The summed E-state index contributed by atoms with van der Waals surface area (Å²) in [5.41, 5.74) is 0.714. The molecule has 3 rings (SSSR count). The number of rotatable bonds is 6. The van der Waals surface area contributed by atoms with Crippen molar-refractivity contribution in [3.63, 3.8) is 0 Å². The van der Waals surface area contributed by atoms with Gasteiger partial charge in [0.15, 0.2) is 11.6 Å². The molecule has 0 fully saturated rings. The summed E-state index contributed by atoms with van der Waals surface area (Å²) in [6.07, 6.45) is 0.800. The molecule has 0 aliphatic heterocycles. The van der Waals surface area contributed by atoms with Crippen LogP contribution in [0.1, 0.15) is 22.3 Å². The van der Waals surface area contributed by atoms with Crippen LogP contribution in [0.4, 0.5) is 10.6 Å². The second-order valence-electron chi connectivity index (χ2n) is 5.12. The topological polar surface area (TPSA) is 111 Å². The van der Waals surface area contributed by atoms with Gasteiger partial charge in [-0.15, -0.1) is 16.4 Å². The van der Waals surface area contributed by atoms with Crippen molar-refractivity contribution in [1.82, 2.24) is 30.5 Å². The molecule has 0 aliphatic carbocycles. The van der Waals surface area contributed by atoms with E-state index >= 15 is 0 Å². The fourth-order valence-electron chi connectivity index (χ4n) is 2.07. The molecule has 0 atom stereocenters. The van der Waals surface area contributed by atoms with E-state index in [2.05, 4.69) is 31.1 Å². The quantitative estimate of drug-likeness (QED) is 0.703. The molecule has 0 spiro atoms. The highest BCUT2D eigenvalue weighted by molar-refractivity contribution is 7.09. The van der Waals surface area contributed by atoms with Crippen LogP contribution in [0.25, 0.3) is 0 Å². The predicted octanol–water partition coefficient (Wildman–Crippen LogP) is 1.75. The number of aryl methyl sites for hydroxylation is 1. The summed E-state index contributed by atoms with van der Waals surface area (Å²) >= 11 is 1.67. The van der Waals surface area contributed by atoms with Gasteiger partial charge in [-0.3, -0.25) is 5.32 Å². The van der Waals surface area contributed by atoms with E-state index in [1.54, 1.807) is 22.9 Å². The number of anilines is 1. The molecule has 0 radical (unpaired) electrons. The maximum atomic E-state index is 11.9. The maximum absolute atomic E-state index is 11.9. The molecule has 0 saturated carbocycles. The number of amides is 2. The lowest BCUT2D eigenvalue weighted by Gasteiger charge is -2.05. The first-order chi connectivity index (χ1) is 11.6. The largest absolute Gasteiger partial charge is 0.340 e. The molecule has 2 N–H and O–H groups in total. The van der Waals surface area contributed by atoms with Crippen LogP contribution in [0.5, 0.6) is 0 Å². The van der Waals surface area contributed by atoms with Gasteiger partial charge < -0.3 is 9.84 Å². The Kier molecular flexibility index (Phi) is 4.85. The highest BCUT2D eigenvalue weighted by Crippen LogP contribution is 2.11. The van der Waals surface area contributed by atoms with Gasteiger partial charge in [0.05, 0.1) is 5.69 Å². The minimum absolute atomic E-state index is 0.308. The summed E-state index contributed by atoms with van der Waals surface area (Å²) in [5.74, 6) is 1.41. The fraction of sp³-hybridized carbons (Fsp3) is 0.357. The molecule has 126 valence electrons. The lowest BCUT2D eigenvalue weighted by Crippen LogP contribution is -2.30. The van der Waals surface area contributed by atoms with Crippen molar-refractivity contribution in [2.45, 2.75) is 26.8 Å². The second kappa shape index (κ2) is 7.21. The molecule has 3 heterocycles. The average Bonchev–Trinajstić information content (AvgIpc) is 3.27. The molecule has 0 aromatic carbocycles. The van der Waals surface area contributed by atoms with Crippen LogP contribution in [0.2, 0.25) is 0 Å². The van der Waals surface area contributed by atoms with Crippen LogP contribution in [0.15, 0.2) is 22.0 Å². The van der Waals surface area contributed by atoms with Gasteiger partial charge in [0, 0.05) is 18.3 Å². The lowest BCUT2D eigenvalue weighted by molar-refractivity contribution is 0.252. The molecule has 2 amide bonds. The number of nitrogens with one attached hydrogen (secondary N) is 2. The summed E-state index contributed by atoms with van der Waals surface area (Å²) in [5, 5.41) is 19.3. The van der Waals surface area contributed by atoms with Gasteiger partial charge >= 0.3 is 6.03 Å². The van der Waals surface area contributed by atoms with Crippen molar-refractivity contribution >= 4 is 23.2 Å². The third-order valence-electron chi connectivity index (χ3n) is 3.31. The number of carbonyl (C=O) groups is 1. The number of hydrogen-bond acceptors (Lipinski definition) is 7. The first kappa shape index (κ1) is 16.1. The SMILES string of the molecule is Cc1nc(Cn2nnc(NC(=O)NCCc3cccs3)c2C)no1. The number of carbonyl (C=O) groups excluding carboxylic acids is 1. The zero-order valence-electron chi connectivity index (χ0n) is 13.3. The highest BCUT2D eigenvalue weighted by Gasteiger charge is 2.13. The van der Waals surface area contributed by atoms with Gasteiger partial charge in [0.2, 0.25) is 5.89 Å². The summed E-state index contributed by atoms with van der Waals surface area (Å²) < 4.78 is 6.52. The van der Waals surface area contributed by atoms with Gasteiger partial charge in [-0.1, -0.05) is 16.4 Å². The zero-order chi connectivity index (χ0) is 16.9. The van der Waals surface area contributed by atoms with Gasteiger partial charge in [-0.2, -0.15) is 4.98 Å². The number of hydrogen-bond donors (Lipinski definition) is 2. The summed E-state index contributed by atoms with van der Waals surface area (Å²) in [7, 11) is 0. The van der Waals surface area contributed by atoms with E-state index in [1.807, 2.05) is 24.4 Å². The maximum Gasteiger partial charge on any atom is 0.320 e. The molecule has 24 heavy (non-hydrogen) atoms. The van der Waals surface area contributed by atoms with Gasteiger partial charge in [0.1, 0.15) is 6.54 Å². The Labute approximate surface area is 142 Å². The van der Waals surface area contributed by atoms with E-state index in [9.17, 15) is 4.79 Å². The van der Waals surface area contributed by atoms with Crippen molar-refractivity contribution < 1.29 is 9.32 Å². The molecule has 3 aromatic rings. The Morgan fingerprint density at radius 2 is 2.29 bits per heavy atom. The Balaban J connectivity index is 1.52. The Morgan fingerprint density at radius 1 is 1.42 bits per heavy atom. The monoisotopic (exact) mass is 347 g/mol. The normalized spacial score (nSPS) is 10.8. The Bertz CT molecular complexity index is 809. The van der Waals surface area contributed by atoms with Crippen molar-refractivity contribution in [2.24, 2.45) is 0 Å². The average molecular weight is 347 g/mol. The van der Waals surface area contributed by atoms with E-state index < -0.39 is 0 Å². The molecular weight excluding hydrogens is 330 g/mol. The summed E-state index contributed by atoms with van der Waals surface area (Å²) in [4.78, 5) is 17.3. The van der Waals surface area contributed by atoms with Crippen molar-refractivity contribution in [1.29, 1.82) is 0 Å². The summed E-state index contributed by atoms with van der Waals surface area (Å²) in [6.45, 7) is 4.42. The molecule has 0 unspecified atom stereocenters. The molecule has 9 nitrogen and oxygen atoms in total. The molecule has 10 heteroatoms. The van der Waals surface area contributed by atoms with Gasteiger partial charge in [-0.05, 0) is 24.8 Å². The van der Waals surface area contributed by atoms with Gasteiger partial charge in [-0.25, -0.2) is 9.48 Å². The minimum atomic E-state index is -0.308. The predicted molar refractivity (Wildman–Crippen MR) is 87.9 cm³/mol. The first-order valence-corrected chi connectivity index (χ1v) is 8.26. The van der Waals surface area contributed by atoms with Gasteiger partial charge in [0.25, 0.3) is 0 Å². The smallest absolute Gasteiger partial charge is 0.320 e. The zero-order valence-corrected chi connectivity index (χ0v) is 14.1. The second-order valence-corrected chi connectivity index (χ2v) is 6.15. The summed E-state index contributed by atoms with van der Waals surface area (Å²) in [6, 6.07) is 3.73. The van der Waals surface area contributed by atoms with Crippen LogP contribution in [0.3, 0.4) is 0 Å². The lowest BCUT2D eigenvalue weighted by atomic mass is 10.3. The number of nitrogens with zero attached hydrogens (tertiary/aromatic N) is 5. The number of thiophene rings is 1. The van der Waals surface area contributed by atoms with E-state index in [4.69, 9.17) is 4.52 Å². The Morgan fingerprint density at radius 3 is 3.00 bits per heavy atom. The van der Waals surface area contributed by atoms with Crippen LogP contribution in [-0.4, -0.2) is 37.7 Å².